The molecule has 0 aliphatic carbocycles. The Balaban J connectivity index is 2.45. The summed E-state index contributed by atoms with van der Waals surface area (Å²) in [6.45, 7) is 2.79. The molecule has 100 valence electrons. The Labute approximate surface area is 110 Å². The first-order chi connectivity index (χ1) is 8.99. The molecule has 1 atom stereocenters. The van der Waals surface area contributed by atoms with Crippen LogP contribution in [0.2, 0.25) is 0 Å². The largest absolute Gasteiger partial charge is 0.388 e. The van der Waals surface area contributed by atoms with Gasteiger partial charge in [-0.1, -0.05) is 26.0 Å². The maximum atomic E-state index is 12.2. The highest BCUT2D eigenvalue weighted by Gasteiger charge is 2.43. The van der Waals surface area contributed by atoms with Gasteiger partial charge >= 0.3 is 0 Å². The highest BCUT2D eigenvalue weighted by atomic mass is 16.3. The number of carbonyl (C=O) groups is 3. The maximum Gasteiger partial charge on any atom is 0.262 e. The van der Waals surface area contributed by atoms with Gasteiger partial charge < -0.3 is 5.11 Å². The molecule has 1 aromatic carbocycles. The topological polar surface area (TPSA) is 74.7 Å². The van der Waals surface area contributed by atoms with Gasteiger partial charge in [-0.25, -0.2) is 0 Å². The van der Waals surface area contributed by atoms with E-state index in [-0.39, 0.29) is 5.92 Å². The van der Waals surface area contributed by atoms with Gasteiger partial charge in [0.15, 0.2) is 5.78 Å². The second-order valence-corrected chi connectivity index (χ2v) is 4.84. The second kappa shape index (κ2) is 4.93. The summed E-state index contributed by atoms with van der Waals surface area (Å²) in [5.74, 6) is -1.71. The van der Waals surface area contributed by atoms with E-state index in [0.29, 0.717) is 11.1 Å². The lowest BCUT2D eigenvalue weighted by Crippen LogP contribution is -2.48. The summed E-state index contributed by atoms with van der Waals surface area (Å²) < 4.78 is 0. The monoisotopic (exact) mass is 261 g/mol. The molecule has 5 nitrogen and oxygen atoms in total. The number of rotatable bonds is 4. The molecule has 0 spiro atoms. The average Bonchev–Trinajstić information content (AvgIpc) is 2.64. The molecule has 19 heavy (non-hydrogen) atoms. The number of fused-ring (bicyclic) bond motifs is 1. The number of imide groups is 1. The molecule has 1 aromatic rings. The Hall–Kier alpha value is -2.01. The third-order valence-corrected chi connectivity index (χ3v) is 3.22. The minimum absolute atomic E-state index is 0.248. The molecule has 1 unspecified atom stereocenters. The van der Waals surface area contributed by atoms with Crippen LogP contribution in [-0.2, 0) is 4.79 Å². The molecule has 1 heterocycles. The number of hydrogen-bond donors (Lipinski definition) is 1. The Morgan fingerprint density at radius 1 is 1.16 bits per heavy atom. The Kier molecular flexibility index (Phi) is 3.48. The zero-order chi connectivity index (χ0) is 14.2. The van der Waals surface area contributed by atoms with Crippen molar-refractivity contribution in [2.75, 3.05) is 6.61 Å². The average molecular weight is 261 g/mol. The van der Waals surface area contributed by atoms with Crippen molar-refractivity contribution in [1.29, 1.82) is 0 Å². The van der Waals surface area contributed by atoms with Crippen molar-refractivity contribution in [3.05, 3.63) is 35.4 Å². The maximum absolute atomic E-state index is 12.2. The van der Waals surface area contributed by atoms with Crippen LogP contribution < -0.4 is 0 Å². The van der Waals surface area contributed by atoms with Gasteiger partial charge in [0.05, 0.1) is 11.1 Å². The predicted octanol–water partition coefficient (Wildman–Crippen LogP) is 0.869. The third kappa shape index (κ3) is 2.06. The summed E-state index contributed by atoms with van der Waals surface area (Å²) in [7, 11) is 0. The SMILES string of the molecule is CC(C)C(C(=O)CO)N1C(=O)c2ccccc2C1=O. The third-order valence-electron chi connectivity index (χ3n) is 3.22. The number of Topliss-reactive ketones (excluding diaryl/α,β-unsaturated/α-hetero) is 1. The van der Waals surface area contributed by atoms with E-state index in [0.717, 1.165) is 4.90 Å². The van der Waals surface area contributed by atoms with Gasteiger partial charge in [-0.2, -0.15) is 0 Å². The van der Waals surface area contributed by atoms with Crippen molar-refractivity contribution in [1.82, 2.24) is 4.90 Å². The van der Waals surface area contributed by atoms with Crippen molar-refractivity contribution in [3.63, 3.8) is 0 Å². The number of benzene rings is 1. The van der Waals surface area contributed by atoms with Crippen LogP contribution in [-0.4, -0.2) is 40.3 Å². The standard InChI is InChI=1S/C14H15NO4/c1-8(2)12(11(17)7-16)15-13(18)9-5-3-4-6-10(9)14(15)19/h3-6,8,12,16H,7H2,1-2H3. The molecular formula is C14H15NO4. The smallest absolute Gasteiger partial charge is 0.262 e. The summed E-state index contributed by atoms with van der Waals surface area (Å²) in [6.07, 6.45) is 0. The van der Waals surface area contributed by atoms with Gasteiger partial charge in [0, 0.05) is 0 Å². The van der Waals surface area contributed by atoms with E-state index < -0.39 is 30.2 Å². The van der Waals surface area contributed by atoms with Crippen LogP contribution in [0.5, 0.6) is 0 Å². The second-order valence-electron chi connectivity index (χ2n) is 4.84. The lowest BCUT2D eigenvalue weighted by atomic mass is 9.98. The molecule has 2 rings (SSSR count). The molecule has 0 radical (unpaired) electrons. The molecule has 0 saturated heterocycles. The fourth-order valence-corrected chi connectivity index (χ4v) is 2.37. The number of nitrogens with zero attached hydrogens (tertiary/aromatic N) is 1. The van der Waals surface area contributed by atoms with Crippen LogP contribution in [0.4, 0.5) is 0 Å². The van der Waals surface area contributed by atoms with Crippen molar-refractivity contribution in [2.45, 2.75) is 19.9 Å². The van der Waals surface area contributed by atoms with Crippen LogP contribution >= 0.6 is 0 Å². The molecule has 0 fully saturated rings. The van der Waals surface area contributed by atoms with Gasteiger partial charge in [0.25, 0.3) is 11.8 Å². The normalized spacial score (nSPS) is 15.9. The minimum Gasteiger partial charge on any atom is -0.388 e. The number of ketones is 1. The summed E-state index contributed by atoms with van der Waals surface area (Å²) in [4.78, 5) is 37.2. The first-order valence-electron chi connectivity index (χ1n) is 6.09. The molecule has 2 amide bonds. The molecular weight excluding hydrogens is 246 g/mol. The van der Waals surface area contributed by atoms with Gasteiger partial charge in [0.2, 0.25) is 0 Å². The van der Waals surface area contributed by atoms with Crippen LogP contribution in [0.3, 0.4) is 0 Å². The van der Waals surface area contributed by atoms with Crippen molar-refractivity contribution < 1.29 is 19.5 Å². The van der Waals surface area contributed by atoms with E-state index in [4.69, 9.17) is 5.11 Å². The number of carbonyl (C=O) groups excluding carboxylic acids is 3. The molecule has 5 heteroatoms. The summed E-state index contributed by atoms with van der Waals surface area (Å²) in [5.41, 5.74) is 0.618. The van der Waals surface area contributed by atoms with E-state index in [1.807, 2.05) is 0 Å². The predicted molar refractivity (Wildman–Crippen MR) is 67.7 cm³/mol. The van der Waals surface area contributed by atoms with Crippen molar-refractivity contribution >= 4 is 17.6 Å². The fourth-order valence-electron chi connectivity index (χ4n) is 2.37. The number of aliphatic hydroxyl groups excluding tert-OH is 1. The van der Waals surface area contributed by atoms with E-state index in [1.165, 1.54) is 0 Å². The zero-order valence-electron chi connectivity index (χ0n) is 10.8. The Bertz CT molecular complexity index is 515. The molecule has 0 saturated carbocycles. The Morgan fingerprint density at radius 3 is 2.00 bits per heavy atom. The summed E-state index contributed by atoms with van der Waals surface area (Å²) in [5, 5.41) is 9.01. The highest BCUT2D eigenvalue weighted by molar-refractivity contribution is 6.23. The first kappa shape index (κ1) is 13.4. The van der Waals surface area contributed by atoms with E-state index in [9.17, 15) is 14.4 Å². The molecule has 1 aliphatic rings. The van der Waals surface area contributed by atoms with E-state index >= 15 is 0 Å². The van der Waals surface area contributed by atoms with Gasteiger partial charge in [-0.05, 0) is 18.1 Å². The molecule has 0 aromatic heterocycles. The van der Waals surface area contributed by atoms with E-state index in [1.54, 1.807) is 38.1 Å². The minimum atomic E-state index is -0.919. The van der Waals surface area contributed by atoms with Gasteiger partial charge in [-0.3, -0.25) is 19.3 Å². The summed E-state index contributed by atoms with van der Waals surface area (Å²) >= 11 is 0. The van der Waals surface area contributed by atoms with Crippen LogP contribution in [0.15, 0.2) is 24.3 Å². The van der Waals surface area contributed by atoms with Crippen LogP contribution in [0.1, 0.15) is 34.6 Å². The zero-order valence-corrected chi connectivity index (χ0v) is 10.8. The molecule has 0 bridgehead atoms. The Morgan fingerprint density at radius 2 is 1.63 bits per heavy atom. The lowest BCUT2D eigenvalue weighted by molar-refractivity contribution is -0.126. The highest BCUT2D eigenvalue weighted by Crippen LogP contribution is 2.27. The fraction of sp³-hybridized carbons (Fsp3) is 0.357. The van der Waals surface area contributed by atoms with Crippen molar-refractivity contribution in [2.24, 2.45) is 5.92 Å². The van der Waals surface area contributed by atoms with E-state index in [2.05, 4.69) is 0 Å². The number of hydrogen-bond acceptors (Lipinski definition) is 4. The number of amides is 2. The van der Waals surface area contributed by atoms with Gasteiger partial charge in [-0.15, -0.1) is 0 Å². The molecule has 1 aliphatic heterocycles. The summed E-state index contributed by atoms with van der Waals surface area (Å²) in [6, 6.07) is 5.56. The van der Waals surface area contributed by atoms with Gasteiger partial charge in [0.1, 0.15) is 12.6 Å². The van der Waals surface area contributed by atoms with Crippen molar-refractivity contribution in [3.8, 4) is 0 Å². The van der Waals surface area contributed by atoms with Crippen LogP contribution in [0, 0.1) is 5.92 Å². The molecule has 1 N–H and O–H groups in total. The van der Waals surface area contributed by atoms with Crippen LogP contribution in [0.25, 0.3) is 0 Å². The lowest BCUT2D eigenvalue weighted by Gasteiger charge is -2.27. The number of aliphatic hydroxyl groups is 1. The first-order valence-corrected chi connectivity index (χ1v) is 6.09. The quantitative estimate of drug-likeness (QED) is 0.816.